The quantitative estimate of drug-likeness (QED) is 0.533. The monoisotopic (exact) mass is 302 g/mol. The van der Waals surface area contributed by atoms with Crippen molar-refractivity contribution in [2.45, 2.75) is 26.3 Å². The first kappa shape index (κ1) is 17.5. The number of unbranched alkanes of at least 4 members (excludes halogenated alkanes) is 1. The topological polar surface area (TPSA) is 52.6 Å². The minimum Gasteiger partial charge on any atom is -0.379 e. The molecule has 0 aromatic carbocycles. The number of nitrogens with one attached hydrogen (secondary N) is 1. The molecule has 0 aliphatic carbocycles. The zero-order chi connectivity index (χ0) is 14.3. The minimum absolute atomic E-state index is 0.631. The van der Waals surface area contributed by atoms with Crippen LogP contribution in [0.25, 0.3) is 0 Å². The van der Waals surface area contributed by atoms with Crippen LogP contribution in [0.2, 0.25) is 0 Å². The van der Waals surface area contributed by atoms with E-state index in [4.69, 9.17) is 14.2 Å². The molecule has 1 heterocycles. The molecule has 0 bridgehead atoms. The first-order valence-electron chi connectivity index (χ1n) is 7.24. The normalized spacial score (nSPS) is 11.1. The Labute approximate surface area is 125 Å². The second kappa shape index (κ2) is 13.5. The van der Waals surface area contributed by atoms with Gasteiger partial charge < -0.3 is 19.5 Å². The molecule has 1 rings (SSSR count). The fraction of sp³-hybridized carbons (Fsp3) is 0.786. The van der Waals surface area contributed by atoms with Gasteiger partial charge in [0.2, 0.25) is 0 Å². The second-order valence-corrected chi connectivity index (χ2v) is 5.31. The maximum absolute atomic E-state index is 5.46. The molecule has 0 amide bonds. The van der Waals surface area contributed by atoms with Crippen molar-refractivity contribution in [1.82, 2.24) is 10.3 Å². The Kier molecular flexibility index (Phi) is 11.8. The molecule has 0 aliphatic rings. The van der Waals surface area contributed by atoms with E-state index in [1.54, 1.807) is 11.3 Å². The van der Waals surface area contributed by atoms with Crippen LogP contribution < -0.4 is 5.32 Å². The molecule has 1 aromatic heterocycles. The lowest BCUT2D eigenvalue weighted by Gasteiger charge is -2.07. The highest BCUT2D eigenvalue weighted by Crippen LogP contribution is 2.03. The van der Waals surface area contributed by atoms with Gasteiger partial charge in [-0.2, -0.15) is 0 Å². The molecule has 116 valence electrons. The minimum atomic E-state index is 0.631. The molecular weight excluding hydrogens is 276 g/mol. The summed E-state index contributed by atoms with van der Waals surface area (Å²) < 4.78 is 16.2. The number of hydrogen-bond donors (Lipinski definition) is 1. The largest absolute Gasteiger partial charge is 0.379 e. The van der Waals surface area contributed by atoms with Crippen molar-refractivity contribution in [2.24, 2.45) is 0 Å². The average molecular weight is 302 g/mol. The molecule has 0 saturated carbocycles. The maximum Gasteiger partial charge on any atom is 0.0794 e. The smallest absolute Gasteiger partial charge is 0.0794 e. The summed E-state index contributed by atoms with van der Waals surface area (Å²) in [6.07, 6.45) is 4.18. The number of hydrogen-bond acceptors (Lipinski definition) is 6. The molecule has 5 nitrogen and oxygen atoms in total. The predicted octanol–water partition coefficient (Wildman–Crippen LogP) is 2.08. The number of rotatable bonds is 14. The van der Waals surface area contributed by atoms with Crippen LogP contribution in [0.4, 0.5) is 0 Å². The number of aromatic nitrogens is 1. The van der Waals surface area contributed by atoms with Gasteiger partial charge in [0, 0.05) is 30.8 Å². The molecule has 0 radical (unpaired) electrons. The van der Waals surface area contributed by atoms with Crippen LogP contribution in [0.3, 0.4) is 0 Å². The molecule has 0 saturated heterocycles. The van der Waals surface area contributed by atoms with Crippen molar-refractivity contribution in [3.63, 3.8) is 0 Å². The molecule has 20 heavy (non-hydrogen) atoms. The van der Waals surface area contributed by atoms with Crippen molar-refractivity contribution in [3.8, 4) is 0 Å². The predicted molar refractivity (Wildman–Crippen MR) is 81.2 cm³/mol. The van der Waals surface area contributed by atoms with Gasteiger partial charge in [0.05, 0.1) is 38.5 Å². The Hall–Kier alpha value is -0.530. The molecule has 1 N–H and O–H groups in total. The van der Waals surface area contributed by atoms with Gasteiger partial charge in [0.1, 0.15) is 0 Å². The van der Waals surface area contributed by atoms with E-state index in [9.17, 15) is 0 Å². The Morgan fingerprint density at radius 3 is 2.40 bits per heavy atom. The molecule has 6 heteroatoms. The molecule has 0 aliphatic heterocycles. The van der Waals surface area contributed by atoms with E-state index in [1.807, 2.05) is 11.7 Å². The third kappa shape index (κ3) is 10.3. The van der Waals surface area contributed by atoms with Crippen LogP contribution in [0.5, 0.6) is 0 Å². The first-order chi connectivity index (χ1) is 9.93. The van der Waals surface area contributed by atoms with Crippen LogP contribution in [-0.2, 0) is 20.8 Å². The van der Waals surface area contributed by atoms with Crippen LogP contribution >= 0.6 is 11.3 Å². The van der Waals surface area contributed by atoms with Gasteiger partial charge >= 0.3 is 0 Å². The SMILES string of the molecule is CCCCOCCOCCOCCNCc1cncs1. The van der Waals surface area contributed by atoms with Crippen molar-refractivity contribution in [2.75, 3.05) is 46.2 Å². The van der Waals surface area contributed by atoms with Gasteiger partial charge in [0.15, 0.2) is 0 Å². The number of ether oxygens (including phenoxy) is 3. The van der Waals surface area contributed by atoms with Crippen LogP contribution in [-0.4, -0.2) is 51.2 Å². The Morgan fingerprint density at radius 2 is 1.75 bits per heavy atom. The average Bonchev–Trinajstić information content (AvgIpc) is 2.97. The van der Waals surface area contributed by atoms with Crippen LogP contribution in [0.1, 0.15) is 24.6 Å². The second-order valence-electron chi connectivity index (χ2n) is 4.34. The lowest BCUT2D eigenvalue weighted by atomic mass is 10.4. The molecule has 0 fully saturated rings. The van der Waals surface area contributed by atoms with E-state index in [2.05, 4.69) is 17.2 Å². The molecule has 0 atom stereocenters. The highest BCUT2D eigenvalue weighted by atomic mass is 32.1. The van der Waals surface area contributed by atoms with Gasteiger partial charge in [-0.05, 0) is 6.42 Å². The third-order valence-electron chi connectivity index (χ3n) is 2.59. The highest BCUT2D eigenvalue weighted by molar-refractivity contribution is 7.09. The Balaban J connectivity index is 1.70. The fourth-order valence-electron chi connectivity index (χ4n) is 1.47. The van der Waals surface area contributed by atoms with E-state index in [0.717, 1.165) is 26.1 Å². The van der Waals surface area contributed by atoms with E-state index in [-0.39, 0.29) is 0 Å². The third-order valence-corrected chi connectivity index (χ3v) is 3.37. The summed E-state index contributed by atoms with van der Waals surface area (Å²) in [6, 6.07) is 0. The van der Waals surface area contributed by atoms with Gasteiger partial charge in [-0.15, -0.1) is 11.3 Å². The molecule has 0 unspecified atom stereocenters. The molecule has 1 aromatic rings. The van der Waals surface area contributed by atoms with E-state index in [0.29, 0.717) is 33.0 Å². The summed E-state index contributed by atoms with van der Waals surface area (Å²) in [6.45, 7) is 7.99. The van der Waals surface area contributed by atoms with Crippen LogP contribution in [0.15, 0.2) is 11.7 Å². The Morgan fingerprint density at radius 1 is 1.05 bits per heavy atom. The first-order valence-corrected chi connectivity index (χ1v) is 8.12. The summed E-state index contributed by atoms with van der Waals surface area (Å²) in [7, 11) is 0. The number of nitrogens with zero attached hydrogens (tertiary/aromatic N) is 1. The van der Waals surface area contributed by atoms with E-state index in [1.165, 1.54) is 11.3 Å². The highest BCUT2D eigenvalue weighted by Gasteiger charge is 1.94. The zero-order valence-electron chi connectivity index (χ0n) is 12.3. The van der Waals surface area contributed by atoms with Crippen molar-refractivity contribution >= 4 is 11.3 Å². The van der Waals surface area contributed by atoms with Gasteiger partial charge in [-0.1, -0.05) is 13.3 Å². The lowest BCUT2D eigenvalue weighted by Crippen LogP contribution is -2.20. The van der Waals surface area contributed by atoms with E-state index < -0.39 is 0 Å². The summed E-state index contributed by atoms with van der Waals surface area (Å²) in [5, 5.41) is 3.30. The van der Waals surface area contributed by atoms with Gasteiger partial charge in [0.25, 0.3) is 0 Å². The summed E-state index contributed by atoms with van der Waals surface area (Å²) in [5.74, 6) is 0. The standard InChI is InChI=1S/C14H26N2O3S/c1-2-3-5-17-7-9-19-10-8-18-6-4-15-11-14-12-16-13-20-14/h12-13,15H,2-11H2,1H3. The maximum atomic E-state index is 5.46. The summed E-state index contributed by atoms with van der Waals surface area (Å²) >= 11 is 1.66. The number of thiazole rings is 1. The van der Waals surface area contributed by atoms with Crippen LogP contribution in [0, 0.1) is 0 Å². The van der Waals surface area contributed by atoms with Crippen molar-refractivity contribution < 1.29 is 14.2 Å². The van der Waals surface area contributed by atoms with E-state index >= 15 is 0 Å². The van der Waals surface area contributed by atoms with Crippen molar-refractivity contribution in [3.05, 3.63) is 16.6 Å². The Bertz CT molecular complexity index is 297. The summed E-state index contributed by atoms with van der Waals surface area (Å²) in [5.41, 5.74) is 1.84. The van der Waals surface area contributed by atoms with Gasteiger partial charge in [-0.3, -0.25) is 4.98 Å². The lowest BCUT2D eigenvalue weighted by molar-refractivity contribution is 0.0146. The molecular formula is C14H26N2O3S. The molecule has 0 spiro atoms. The van der Waals surface area contributed by atoms with Crippen molar-refractivity contribution in [1.29, 1.82) is 0 Å². The van der Waals surface area contributed by atoms with Gasteiger partial charge in [-0.25, -0.2) is 0 Å². The zero-order valence-corrected chi connectivity index (χ0v) is 13.1. The fourth-order valence-corrected chi connectivity index (χ4v) is 2.04. The summed E-state index contributed by atoms with van der Waals surface area (Å²) in [4.78, 5) is 5.27.